The zero-order chi connectivity index (χ0) is 23.6. The van der Waals surface area contributed by atoms with Crippen LogP contribution in [0.2, 0.25) is 0 Å². The number of nitro benzene ring substituents is 1. The van der Waals surface area contributed by atoms with Crippen molar-refractivity contribution in [1.82, 2.24) is 0 Å². The lowest BCUT2D eigenvalue weighted by Gasteiger charge is -2.45. The van der Waals surface area contributed by atoms with Crippen molar-refractivity contribution in [2.24, 2.45) is 0 Å². The Morgan fingerprint density at radius 3 is 1.88 bits per heavy atom. The summed E-state index contributed by atoms with van der Waals surface area (Å²) in [6, 6.07) is 4.80. The molecule has 0 saturated carbocycles. The molecule has 0 unspecified atom stereocenters. The fraction of sp³-hybridized carbons (Fsp3) is 0.667. The number of hydrogen-bond donors (Lipinski definition) is 7. The Bertz CT molecular complexity index is 762. The van der Waals surface area contributed by atoms with Gasteiger partial charge in [0.05, 0.1) is 18.1 Å². The third-order valence-corrected chi connectivity index (χ3v) is 5.26. The third kappa shape index (κ3) is 4.99. The molecule has 1 aromatic rings. The van der Waals surface area contributed by atoms with Crippen LogP contribution in [0.15, 0.2) is 24.3 Å². The number of nitro groups is 1. The minimum Gasteiger partial charge on any atom is -0.462 e. The summed E-state index contributed by atoms with van der Waals surface area (Å²) in [6.07, 6.45) is -15.8. The van der Waals surface area contributed by atoms with Crippen molar-refractivity contribution >= 4 is 5.69 Å². The van der Waals surface area contributed by atoms with E-state index in [1.807, 2.05) is 0 Å². The van der Waals surface area contributed by atoms with Crippen LogP contribution >= 0.6 is 0 Å². The van der Waals surface area contributed by atoms with Crippen molar-refractivity contribution in [3.8, 4) is 5.75 Å². The summed E-state index contributed by atoms with van der Waals surface area (Å²) in [5.74, 6) is 0.0586. The number of aliphatic hydroxyl groups is 7. The zero-order valence-electron chi connectivity index (χ0n) is 16.5. The molecule has 0 aliphatic carbocycles. The molecule has 1 aromatic carbocycles. The highest BCUT2D eigenvalue weighted by Crippen LogP contribution is 2.31. The summed E-state index contributed by atoms with van der Waals surface area (Å²) >= 11 is 0. The van der Waals surface area contributed by atoms with Crippen LogP contribution in [-0.2, 0) is 14.2 Å². The molecule has 2 heterocycles. The second-order valence-corrected chi connectivity index (χ2v) is 7.37. The standard InChI is InChI=1S/C18H25NO13/c20-5-9-11(22)13(24)15(26)17(30-9)32-16-14(25)12(23)10(6-21)31-18(16)29-8-3-1-7(2-4-8)19(27)28/h1-4,9-18,20-26H,5-6H2/t9-,10-,11-,12-,13+,14+,15-,16+,17-,18-/m1/s1. The summed E-state index contributed by atoms with van der Waals surface area (Å²) in [5.41, 5.74) is -0.209. The number of non-ortho nitro benzene ring substituents is 1. The fourth-order valence-corrected chi connectivity index (χ4v) is 3.41. The van der Waals surface area contributed by atoms with E-state index >= 15 is 0 Å². The Labute approximate surface area is 180 Å². The van der Waals surface area contributed by atoms with E-state index in [4.69, 9.17) is 18.9 Å². The van der Waals surface area contributed by atoms with Gasteiger partial charge in [0.25, 0.3) is 5.69 Å². The van der Waals surface area contributed by atoms with Crippen LogP contribution in [0.1, 0.15) is 0 Å². The average Bonchev–Trinajstić information content (AvgIpc) is 2.78. The average molecular weight is 463 g/mol. The van der Waals surface area contributed by atoms with E-state index in [-0.39, 0.29) is 11.4 Å². The maximum atomic E-state index is 10.8. The first-order valence-corrected chi connectivity index (χ1v) is 9.67. The SMILES string of the molecule is O=[N+]([O-])c1ccc(O[C@@H]2O[C@H](CO)[C@@H](O)[C@H](O)[C@@H]2O[C@H]2O[C@H](CO)[C@@H](O)[C@H](O)[C@H]2O)cc1. The molecule has 3 rings (SSSR count). The maximum absolute atomic E-state index is 10.8. The minimum atomic E-state index is -1.80. The first kappa shape index (κ1) is 24.7. The van der Waals surface area contributed by atoms with Crippen LogP contribution < -0.4 is 4.74 Å². The highest BCUT2D eigenvalue weighted by molar-refractivity contribution is 5.36. The van der Waals surface area contributed by atoms with Gasteiger partial charge in [-0.15, -0.1) is 0 Å². The lowest BCUT2D eigenvalue weighted by Crippen LogP contribution is -2.65. The van der Waals surface area contributed by atoms with Gasteiger partial charge in [0.1, 0.15) is 48.5 Å². The summed E-state index contributed by atoms with van der Waals surface area (Å²) in [7, 11) is 0. The Morgan fingerprint density at radius 2 is 1.34 bits per heavy atom. The maximum Gasteiger partial charge on any atom is 0.269 e. The minimum absolute atomic E-state index is 0.0586. The highest BCUT2D eigenvalue weighted by atomic mass is 16.8. The molecule has 0 aromatic heterocycles. The molecular weight excluding hydrogens is 438 g/mol. The second kappa shape index (κ2) is 10.3. The van der Waals surface area contributed by atoms with Gasteiger partial charge in [0.15, 0.2) is 12.4 Å². The number of nitrogens with zero attached hydrogens (tertiary/aromatic N) is 1. The lowest BCUT2D eigenvalue weighted by molar-refractivity contribution is -0.384. The summed E-state index contributed by atoms with van der Waals surface area (Å²) in [6.45, 7) is -1.41. The van der Waals surface area contributed by atoms with Gasteiger partial charge in [-0.3, -0.25) is 10.1 Å². The smallest absolute Gasteiger partial charge is 0.269 e. The molecule has 32 heavy (non-hydrogen) atoms. The van der Waals surface area contributed by atoms with Crippen LogP contribution in [-0.4, -0.2) is 115 Å². The fourth-order valence-electron chi connectivity index (χ4n) is 3.41. The van der Waals surface area contributed by atoms with E-state index < -0.39 is 79.5 Å². The Morgan fingerprint density at radius 1 is 0.812 bits per heavy atom. The normalized spacial score (nSPS) is 40.1. The van der Waals surface area contributed by atoms with Gasteiger partial charge >= 0.3 is 0 Å². The number of hydrogen-bond acceptors (Lipinski definition) is 13. The number of benzene rings is 1. The number of aliphatic hydroxyl groups excluding tert-OH is 7. The number of ether oxygens (including phenoxy) is 4. The molecule has 0 bridgehead atoms. The van der Waals surface area contributed by atoms with Crippen molar-refractivity contribution < 1.29 is 59.6 Å². The largest absolute Gasteiger partial charge is 0.462 e. The predicted molar refractivity (Wildman–Crippen MR) is 100 cm³/mol. The van der Waals surface area contributed by atoms with E-state index in [9.17, 15) is 45.9 Å². The first-order chi connectivity index (χ1) is 15.2. The van der Waals surface area contributed by atoms with Gasteiger partial charge in [0, 0.05) is 12.1 Å². The van der Waals surface area contributed by atoms with E-state index in [1.165, 1.54) is 12.1 Å². The molecular formula is C18H25NO13. The molecule has 10 atom stereocenters. The molecule has 180 valence electrons. The first-order valence-electron chi connectivity index (χ1n) is 9.67. The van der Waals surface area contributed by atoms with Crippen LogP contribution in [0, 0.1) is 10.1 Å². The van der Waals surface area contributed by atoms with Crippen molar-refractivity contribution in [3.05, 3.63) is 34.4 Å². The third-order valence-electron chi connectivity index (χ3n) is 5.26. The van der Waals surface area contributed by atoms with Crippen molar-refractivity contribution in [1.29, 1.82) is 0 Å². The van der Waals surface area contributed by atoms with Crippen LogP contribution in [0.4, 0.5) is 5.69 Å². The topological polar surface area (TPSA) is 222 Å². The lowest BCUT2D eigenvalue weighted by atomic mass is 9.97. The van der Waals surface area contributed by atoms with E-state index in [0.717, 1.165) is 12.1 Å². The van der Waals surface area contributed by atoms with E-state index in [2.05, 4.69) is 0 Å². The van der Waals surface area contributed by atoms with Gasteiger partial charge in [-0.1, -0.05) is 0 Å². The van der Waals surface area contributed by atoms with Gasteiger partial charge < -0.3 is 54.7 Å². The molecule has 2 fully saturated rings. The molecule has 2 aliphatic rings. The molecule has 7 N–H and O–H groups in total. The van der Waals surface area contributed by atoms with Gasteiger partial charge in [-0.25, -0.2) is 0 Å². The molecule has 14 nitrogen and oxygen atoms in total. The van der Waals surface area contributed by atoms with Gasteiger partial charge in [-0.05, 0) is 12.1 Å². The molecule has 0 radical (unpaired) electrons. The summed E-state index contributed by atoms with van der Waals surface area (Å²) < 4.78 is 21.8. The Kier molecular flexibility index (Phi) is 7.94. The number of rotatable bonds is 7. The monoisotopic (exact) mass is 463 g/mol. The molecule has 0 amide bonds. The van der Waals surface area contributed by atoms with Crippen LogP contribution in [0.5, 0.6) is 5.75 Å². The van der Waals surface area contributed by atoms with Crippen molar-refractivity contribution in [3.63, 3.8) is 0 Å². The quantitative estimate of drug-likeness (QED) is 0.155. The van der Waals surface area contributed by atoms with Gasteiger partial charge in [-0.2, -0.15) is 0 Å². The molecule has 2 aliphatic heterocycles. The molecule has 0 spiro atoms. The van der Waals surface area contributed by atoms with Gasteiger partial charge in [0.2, 0.25) is 6.29 Å². The van der Waals surface area contributed by atoms with Crippen LogP contribution in [0.25, 0.3) is 0 Å². The molecule has 2 saturated heterocycles. The van der Waals surface area contributed by atoms with Crippen molar-refractivity contribution in [2.75, 3.05) is 13.2 Å². The van der Waals surface area contributed by atoms with E-state index in [1.54, 1.807) is 0 Å². The Hall–Kier alpha value is -1.98. The second-order valence-electron chi connectivity index (χ2n) is 7.37. The molecule has 14 heteroatoms. The summed E-state index contributed by atoms with van der Waals surface area (Å²) in [5, 5.41) is 80.3. The predicted octanol–water partition coefficient (Wildman–Crippen LogP) is -3.40. The summed E-state index contributed by atoms with van der Waals surface area (Å²) in [4.78, 5) is 10.2. The Balaban J connectivity index is 1.81. The zero-order valence-corrected chi connectivity index (χ0v) is 16.5. The van der Waals surface area contributed by atoms with E-state index in [0.29, 0.717) is 0 Å². The highest BCUT2D eigenvalue weighted by Gasteiger charge is 2.51. The van der Waals surface area contributed by atoms with Crippen molar-refractivity contribution in [2.45, 2.75) is 61.4 Å². The van der Waals surface area contributed by atoms with Crippen LogP contribution in [0.3, 0.4) is 0 Å².